The van der Waals surface area contributed by atoms with Crippen LogP contribution in [0.15, 0.2) is 91.0 Å². The van der Waals surface area contributed by atoms with E-state index in [-0.39, 0.29) is 60.8 Å². The van der Waals surface area contributed by atoms with Gasteiger partial charge in [-0.25, -0.2) is 0 Å². The predicted octanol–water partition coefficient (Wildman–Crippen LogP) is 8.22. The Bertz CT molecular complexity index is 2640. The maximum absolute atomic E-state index is 13.9. The molecular weight excluding hydrogens is 1030 g/mol. The fourth-order valence-electron chi connectivity index (χ4n) is 11.3. The molecule has 4 amide bonds. The van der Waals surface area contributed by atoms with E-state index in [4.69, 9.17) is 45.1 Å². The van der Waals surface area contributed by atoms with Crippen molar-refractivity contribution in [1.82, 2.24) is 20.4 Å². The number of hydrogen-bond acceptors (Lipinski definition) is 13. The summed E-state index contributed by atoms with van der Waals surface area (Å²) in [5.74, 6) is 2.90. The van der Waals surface area contributed by atoms with Gasteiger partial charge in [-0.1, -0.05) is 81.8 Å². The molecule has 4 atom stereocenters. The van der Waals surface area contributed by atoms with E-state index in [0.29, 0.717) is 28.4 Å². The molecule has 4 aliphatic heterocycles. The van der Waals surface area contributed by atoms with Gasteiger partial charge in [0.05, 0.1) is 43.5 Å². The van der Waals surface area contributed by atoms with Crippen molar-refractivity contribution in [3.8, 4) is 23.0 Å². The van der Waals surface area contributed by atoms with Crippen molar-refractivity contribution < 1.29 is 52.7 Å². The van der Waals surface area contributed by atoms with Gasteiger partial charge in [-0.15, -0.1) is 0 Å². The minimum absolute atomic E-state index is 0.00592. The van der Waals surface area contributed by atoms with Gasteiger partial charge in [0.15, 0.2) is 11.2 Å². The van der Waals surface area contributed by atoms with Crippen LogP contribution in [0.3, 0.4) is 0 Å². The number of ether oxygens (including phenoxy) is 6. The van der Waals surface area contributed by atoms with Crippen molar-refractivity contribution in [2.75, 3.05) is 98.7 Å². The first-order valence-corrected chi connectivity index (χ1v) is 28.0. The summed E-state index contributed by atoms with van der Waals surface area (Å²) in [6, 6.07) is 28.7. The van der Waals surface area contributed by atoms with Gasteiger partial charge in [0.1, 0.15) is 35.2 Å². The summed E-state index contributed by atoms with van der Waals surface area (Å²) < 4.78 is 35.0. The van der Waals surface area contributed by atoms with E-state index in [2.05, 4.69) is 48.1 Å². The number of benzene rings is 4. The molecule has 4 aromatic rings. The number of methoxy groups -OCH3 is 4. The molecule has 0 radical (unpaired) electrons. The number of aliphatic hydroxyl groups excluding tert-OH is 1. The molecule has 18 heteroatoms. The van der Waals surface area contributed by atoms with E-state index in [1.54, 1.807) is 34.4 Å². The quantitative estimate of drug-likeness (QED) is 0.0686. The first kappa shape index (κ1) is 62.3. The molecular formula is C61H85ClN6O11. The molecule has 0 aromatic heterocycles. The van der Waals surface area contributed by atoms with Crippen LogP contribution in [0, 0.1) is 11.8 Å². The number of para-hydroxylation sites is 2. The second kappa shape index (κ2) is 29.0. The third-order valence-electron chi connectivity index (χ3n) is 15.9. The number of fused-ring (bicyclic) bond motifs is 2. The monoisotopic (exact) mass is 1110 g/mol. The summed E-state index contributed by atoms with van der Waals surface area (Å²) in [5.41, 5.74) is 0.653. The maximum atomic E-state index is 13.9. The highest BCUT2D eigenvalue weighted by Gasteiger charge is 2.56. The van der Waals surface area contributed by atoms with Crippen molar-refractivity contribution in [3.05, 3.63) is 107 Å². The van der Waals surface area contributed by atoms with Crippen molar-refractivity contribution in [2.45, 2.75) is 115 Å². The molecule has 2 saturated heterocycles. The molecule has 79 heavy (non-hydrogen) atoms. The standard InChI is InChI=1S/C30H40ClN3O5.C30H41N3O5.CH4O/c1-20(2)26(39-27-18-22(37-4)10-11-24(27)31)14-17-33-15-12-21(13-16-33)34-25-9-7-6-8-23(25)30(38-5,29(34)36)19-28(35)32-3;1-21(2)27(38-24-10-8-9-23(19-24)36-4)15-18-32-16-13-22(14-17-32)33-26-12-7-6-11-25(26)30(37-5,29(33)35)20-28(34)31-3;1-2/h6-11,18,20-21,26H,12-17,19H2,1-5H3,(H,32,35);6-12,19,21-22,27H,13-18,20H2,1-5H3,(H,31,34);2H,1H3. The van der Waals surface area contributed by atoms with Gasteiger partial charge in [-0.2, -0.15) is 0 Å². The Balaban J connectivity index is 0.000000248. The van der Waals surface area contributed by atoms with E-state index in [1.165, 1.54) is 14.2 Å². The van der Waals surface area contributed by atoms with Gasteiger partial charge >= 0.3 is 0 Å². The Hall–Kier alpha value is -5.95. The minimum Gasteiger partial charge on any atom is -0.497 e. The lowest BCUT2D eigenvalue weighted by Crippen LogP contribution is -2.51. The Morgan fingerprint density at radius 1 is 0.595 bits per heavy atom. The Labute approximate surface area is 473 Å². The molecule has 8 rings (SSSR count). The van der Waals surface area contributed by atoms with Crippen molar-refractivity contribution in [3.63, 3.8) is 0 Å². The molecule has 4 heterocycles. The third kappa shape index (κ3) is 14.3. The van der Waals surface area contributed by atoms with Crippen molar-refractivity contribution in [2.24, 2.45) is 11.8 Å². The highest BCUT2D eigenvalue weighted by atomic mass is 35.5. The number of nitrogens with one attached hydrogen (secondary N) is 2. The summed E-state index contributed by atoms with van der Waals surface area (Å²) in [6.45, 7) is 14.1. The van der Waals surface area contributed by atoms with Crippen LogP contribution in [0.2, 0.25) is 5.02 Å². The van der Waals surface area contributed by atoms with Gasteiger partial charge in [0.25, 0.3) is 11.8 Å². The number of piperidine rings is 2. The molecule has 0 spiro atoms. The van der Waals surface area contributed by atoms with Crippen LogP contribution in [0.5, 0.6) is 23.0 Å². The lowest BCUT2D eigenvalue weighted by Gasteiger charge is -2.38. The summed E-state index contributed by atoms with van der Waals surface area (Å²) in [4.78, 5) is 61.1. The largest absolute Gasteiger partial charge is 0.497 e. The molecule has 2 fully saturated rings. The van der Waals surface area contributed by atoms with E-state index < -0.39 is 11.2 Å². The van der Waals surface area contributed by atoms with Crippen LogP contribution in [0.1, 0.15) is 90.2 Å². The molecule has 3 N–H and O–H groups in total. The van der Waals surface area contributed by atoms with Gasteiger partial charge in [0, 0.05) is 110 Å². The van der Waals surface area contributed by atoms with Crippen molar-refractivity contribution >= 4 is 46.6 Å². The number of carbonyl (C=O) groups is 4. The smallest absolute Gasteiger partial charge is 0.264 e. The zero-order chi connectivity index (χ0) is 57.4. The molecule has 4 unspecified atom stereocenters. The van der Waals surface area contributed by atoms with Crippen LogP contribution in [-0.4, -0.2) is 152 Å². The number of hydrogen-bond donors (Lipinski definition) is 3. The molecule has 432 valence electrons. The number of likely N-dealkylation sites (tertiary alicyclic amines) is 2. The average molecular weight is 1110 g/mol. The number of carbonyl (C=O) groups excluding carboxylic acids is 4. The third-order valence-corrected chi connectivity index (χ3v) is 16.2. The zero-order valence-electron chi connectivity index (χ0n) is 48.2. The Kier molecular flexibility index (Phi) is 22.8. The van der Waals surface area contributed by atoms with E-state index in [0.717, 1.165) is 119 Å². The number of anilines is 2. The predicted molar refractivity (Wildman–Crippen MR) is 308 cm³/mol. The van der Waals surface area contributed by atoms with E-state index in [9.17, 15) is 19.2 Å². The summed E-state index contributed by atoms with van der Waals surface area (Å²) in [5, 5.41) is 12.8. The molecule has 0 aliphatic carbocycles. The fraction of sp³-hybridized carbons (Fsp3) is 0.541. The normalized spacial score (nSPS) is 20.3. The lowest BCUT2D eigenvalue weighted by atomic mass is 9.91. The molecule has 0 saturated carbocycles. The van der Waals surface area contributed by atoms with E-state index >= 15 is 0 Å². The van der Waals surface area contributed by atoms with Crippen molar-refractivity contribution in [1.29, 1.82) is 0 Å². The first-order valence-electron chi connectivity index (χ1n) is 27.6. The number of rotatable bonds is 22. The van der Waals surface area contributed by atoms with Gasteiger partial charge in [-0.05, 0) is 86.8 Å². The van der Waals surface area contributed by atoms with Crippen LogP contribution in [-0.2, 0) is 39.9 Å². The highest BCUT2D eigenvalue weighted by molar-refractivity contribution is 6.32. The number of aliphatic hydroxyl groups is 1. The van der Waals surface area contributed by atoms with Gasteiger partial charge in [0.2, 0.25) is 11.8 Å². The highest BCUT2D eigenvalue weighted by Crippen LogP contribution is 2.48. The van der Waals surface area contributed by atoms with Gasteiger partial charge in [-0.3, -0.25) is 19.2 Å². The van der Waals surface area contributed by atoms with Crippen LogP contribution < -0.4 is 39.4 Å². The Morgan fingerprint density at radius 2 is 1.01 bits per heavy atom. The second-order valence-electron chi connectivity index (χ2n) is 21.1. The molecule has 0 bridgehead atoms. The van der Waals surface area contributed by atoms with Gasteiger partial charge < -0.3 is 63.8 Å². The molecule has 4 aliphatic rings. The summed E-state index contributed by atoms with van der Waals surface area (Å²) in [7, 11) is 10.5. The number of halogens is 1. The number of nitrogens with zero attached hydrogens (tertiary/aromatic N) is 4. The average Bonchev–Trinajstić information content (AvgIpc) is 4.12. The van der Waals surface area contributed by atoms with Crippen LogP contribution in [0.4, 0.5) is 11.4 Å². The molecule has 4 aromatic carbocycles. The number of amides is 4. The lowest BCUT2D eigenvalue weighted by molar-refractivity contribution is -0.146. The summed E-state index contributed by atoms with van der Waals surface area (Å²) >= 11 is 6.39. The Morgan fingerprint density at radius 3 is 1.43 bits per heavy atom. The molecule has 17 nitrogen and oxygen atoms in total. The fourth-order valence-corrected chi connectivity index (χ4v) is 11.5. The zero-order valence-corrected chi connectivity index (χ0v) is 49.0. The van der Waals surface area contributed by atoms with Crippen LogP contribution >= 0.6 is 11.6 Å². The topological polar surface area (TPSA) is 181 Å². The summed E-state index contributed by atoms with van der Waals surface area (Å²) in [6.07, 6.45) is 5.22. The van der Waals surface area contributed by atoms with Crippen LogP contribution in [0.25, 0.3) is 0 Å². The second-order valence-corrected chi connectivity index (χ2v) is 21.6. The maximum Gasteiger partial charge on any atom is 0.264 e. The van der Waals surface area contributed by atoms with E-state index in [1.807, 2.05) is 94.7 Å². The minimum atomic E-state index is -1.29. The SMILES string of the molecule is CNC(=O)CC1(OC)C(=O)N(C2CCN(CCC(Oc3cc(OC)ccc3Cl)C(C)C)CC2)c2ccccc21.CNC(=O)CC1(OC)C(=O)N(C2CCN(CCC(Oc3cccc(OC)c3)C(C)C)CC2)c2ccccc21.CO. The first-order chi connectivity index (χ1) is 38.1.